The van der Waals surface area contributed by atoms with E-state index in [1.165, 1.54) is 148 Å². The summed E-state index contributed by atoms with van der Waals surface area (Å²) in [5.74, 6) is 2.55. The first kappa shape index (κ1) is 44.7. The van der Waals surface area contributed by atoms with Gasteiger partial charge in [0.25, 0.3) is 6.71 Å². The zero-order valence-electron chi connectivity index (χ0n) is 44.3. The first-order valence-electron chi connectivity index (χ1n) is 27.4. The molecule has 2 atom stereocenters. The van der Waals surface area contributed by atoms with Crippen LogP contribution in [0.25, 0.3) is 0 Å². The minimum absolute atomic E-state index is 0.00554. The van der Waals surface area contributed by atoms with Crippen LogP contribution in [0.2, 0.25) is 0 Å². The smallest absolute Gasteiger partial charge is 0.252 e. The average Bonchev–Trinajstić information content (AvgIpc) is 3.52. The monoisotopic (exact) mass is 922 g/mol. The summed E-state index contributed by atoms with van der Waals surface area (Å²) in [6.07, 6.45) is 13.3. The number of anilines is 8. The molecule has 6 aromatic rings. The number of para-hydroxylation sites is 1. The number of nitrogens with zero attached hydrogens (tertiary/aromatic N) is 3. The molecule has 358 valence electrons. The van der Waals surface area contributed by atoms with E-state index in [0.717, 1.165) is 17.8 Å². The van der Waals surface area contributed by atoms with Gasteiger partial charge in [-0.2, -0.15) is 0 Å². The highest BCUT2D eigenvalue weighted by Gasteiger charge is 2.58. The molecule has 6 aromatic carbocycles. The Balaban J connectivity index is 1.11. The van der Waals surface area contributed by atoms with E-state index in [4.69, 9.17) is 0 Å². The highest BCUT2D eigenvalue weighted by atomic mass is 15.3. The summed E-state index contributed by atoms with van der Waals surface area (Å²) in [5, 5.41) is 0. The molecular formula is C66H76BN3. The molecule has 5 aliphatic carbocycles. The van der Waals surface area contributed by atoms with Crippen LogP contribution in [0.5, 0.6) is 0 Å². The molecule has 0 saturated heterocycles. The summed E-state index contributed by atoms with van der Waals surface area (Å²) >= 11 is 0. The fraction of sp³-hybridized carbons (Fsp3) is 0.455. The minimum atomic E-state index is -0.0301. The Bertz CT molecular complexity index is 3050. The Labute approximate surface area is 421 Å². The molecule has 0 spiro atoms. The van der Waals surface area contributed by atoms with Gasteiger partial charge >= 0.3 is 0 Å². The molecule has 4 bridgehead atoms. The maximum atomic E-state index is 2.79. The topological polar surface area (TPSA) is 9.72 Å². The van der Waals surface area contributed by atoms with Crippen molar-refractivity contribution in [1.29, 1.82) is 0 Å². The number of benzene rings is 6. The van der Waals surface area contributed by atoms with Crippen LogP contribution >= 0.6 is 0 Å². The lowest BCUT2D eigenvalue weighted by Gasteiger charge is -2.57. The fourth-order valence-electron chi connectivity index (χ4n) is 16.2. The van der Waals surface area contributed by atoms with E-state index in [0.29, 0.717) is 0 Å². The third kappa shape index (κ3) is 6.45. The van der Waals surface area contributed by atoms with E-state index in [-0.39, 0.29) is 39.3 Å². The second kappa shape index (κ2) is 14.9. The molecule has 14 rings (SSSR count). The van der Waals surface area contributed by atoms with E-state index < -0.39 is 0 Å². The lowest BCUT2D eigenvalue weighted by molar-refractivity contribution is -0.00514. The van der Waals surface area contributed by atoms with E-state index in [1.807, 2.05) is 0 Å². The number of hydrogen-bond donors (Lipinski definition) is 0. The van der Waals surface area contributed by atoms with Crippen molar-refractivity contribution >= 4 is 68.6 Å². The Morgan fingerprint density at radius 3 is 1.49 bits per heavy atom. The summed E-state index contributed by atoms with van der Waals surface area (Å²) in [6.45, 7) is 26.4. The highest BCUT2D eigenvalue weighted by molar-refractivity contribution is 7.00. The standard InChI is InChI=1S/C66H76BN3/c1-61(2,3)45-18-23-49(24-19-45)68-56-35-47(63(7,8)9)22-28-53(56)67-54-29-27-51(70-55-17-13-12-16-52(55)64(10)30-14-15-31-65(64,70)11)38-57(54)69(50-25-20-46(21-26-50)62(4,5)6)59-37-48(36-58(68)60(59)67)66-39-42-32-43(40-66)34-44(33-42)41-66/h12-13,16-29,35-38,42-44H,14-15,30-34,39-41H2,1-11H3. The second-order valence-electron chi connectivity index (χ2n) is 27.3. The lowest BCUT2D eigenvalue weighted by Crippen LogP contribution is -2.62. The zero-order valence-corrected chi connectivity index (χ0v) is 44.3. The molecular weight excluding hydrogens is 846 g/mol. The molecule has 0 N–H and O–H groups in total. The molecule has 5 saturated carbocycles. The third-order valence-electron chi connectivity index (χ3n) is 19.8. The SMILES string of the molecule is CC(C)(C)c1ccc(N2c3cc(N4c5ccccc5C5(C)CCCCC45C)ccc3B3c4ccc(C(C)(C)C)cc4N(c4ccc(C(C)(C)C)cc4)c4cc(C56CC7CC(CC(C7)C5)C6)cc2c43)cc1. The molecule has 0 amide bonds. The van der Waals surface area contributed by atoms with Crippen LogP contribution in [-0.2, 0) is 27.1 Å². The molecule has 8 aliphatic rings. The van der Waals surface area contributed by atoms with Crippen LogP contribution in [0.3, 0.4) is 0 Å². The van der Waals surface area contributed by atoms with Crippen molar-refractivity contribution in [3.63, 3.8) is 0 Å². The predicted octanol–water partition coefficient (Wildman–Crippen LogP) is 15.9. The Hall–Kier alpha value is -5.22. The van der Waals surface area contributed by atoms with Gasteiger partial charge in [-0.05, 0) is 203 Å². The number of fused-ring (bicyclic) bond motifs is 7. The summed E-state index contributed by atoms with van der Waals surface area (Å²) in [6, 6.07) is 49.5. The van der Waals surface area contributed by atoms with Crippen LogP contribution in [0.4, 0.5) is 45.5 Å². The fourth-order valence-corrected chi connectivity index (χ4v) is 16.2. The summed E-state index contributed by atoms with van der Waals surface area (Å²) in [4.78, 5) is 8.25. The van der Waals surface area contributed by atoms with Crippen LogP contribution in [0.15, 0.2) is 121 Å². The molecule has 70 heavy (non-hydrogen) atoms. The van der Waals surface area contributed by atoms with E-state index in [2.05, 4.69) is 212 Å². The molecule has 3 aliphatic heterocycles. The van der Waals surface area contributed by atoms with E-state index >= 15 is 0 Å². The first-order chi connectivity index (χ1) is 33.2. The molecule has 3 heterocycles. The lowest BCUT2D eigenvalue weighted by atomic mass is 9.33. The van der Waals surface area contributed by atoms with Crippen LogP contribution < -0.4 is 31.1 Å². The Morgan fingerprint density at radius 2 is 0.943 bits per heavy atom. The van der Waals surface area contributed by atoms with E-state index in [9.17, 15) is 0 Å². The molecule has 2 unspecified atom stereocenters. The van der Waals surface area contributed by atoms with Crippen molar-refractivity contribution in [1.82, 2.24) is 0 Å². The normalized spacial score (nSPS) is 27.3. The van der Waals surface area contributed by atoms with Gasteiger partial charge in [-0.25, -0.2) is 0 Å². The van der Waals surface area contributed by atoms with Gasteiger partial charge in [0.05, 0.1) is 5.54 Å². The van der Waals surface area contributed by atoms with Gasteiger partial charge in [0.15, 0.2) is 0 Å². The Kier molecular flexibility index (Phi) is 9.53. The van der Waals surface area contributed by atoms with E-state index in [1.54, 1.807) is 5.56 Å². The zero-order chi connectivity index (χ0) is 48.5. The van der Waals surface area contributed by atoms with Gasteiger partial charge in [0.1, 0.15) is 0 Å². The second-order valence-corrected chi connectivity index (χ2v) is 27.3. The minimum Gasteiger partial charge on any atom is -0.334 e. The summed E-state index contributed by atoms with van der Waals surface area (Å²) in [7, 11) is 0. The highest BCUT2D eigenvalue weighted by Crippen LogP contribution is 2.63. The molecule has 4 heteroatoms. The molecule has 5 fully saturated rings. The van der Waals surface area contributed by atoms with Crippen LogP contribution in [0, 0.1) is 17.8 Å². The summed E-state index contributed by atoms with van der Waals surface area (Å²) in [5.41, 5.74) is 22.5. The van der Waals surface area contributed by atoms with Gasteiger partial charge in [-0.1, -0.05) is 143 Å². The van der Waals surface area contributed by atoms with Gasteiger partial charge in [0.2, 0.25) is 0 Å². The first-order valence-corrected chi connectivity index (χ1v) is 27.4. The number of hydrogen-bond acceptors (Lipinski definition) is 3. The van der Waals surface area contributed by atoms with Gasteiger partial charge in [-0.3, -0.25) is 0 Å². The van der Waals surface area contributed by atoms with Crippen LogP contribution in [0.1, 0.15) is 168 Å². The third-order valence-corrected chi connectivity index (χ3v) is 19.8. The van der Waals surface area contributed by atoms with Crippen LogP contribution in [-0.4, -0.2) is 12.3 Å². The van der Waals surface area contributed by atoms with Gasteiger partial charge in [-0.15, -0.1) is 0 Å². The number of rotatable bonds is 4. The molecule has 3 nitrogen and oxygen atoms in total. The predicted molar refractivity (Wildman–Crippen MR) is 299 cm³/mol. The van der Waals surface area contributed by atoms with Crippen molar-refractivity contribution in [2.24, 2.45) is 17.8 Å². The Morgan fingerprint density at radius 1 is 0.471 bits per heavy atom. The van der Waals surface area contributed by atoms with Gasteiger partial charge in [0, 0.05) is 50.9 Å². The van der Waals surface area contributed by atoms with Crippen molar-refractivity contribution in [3.8, 4) is 0 Å². The largest absolute Gasteiger partial charge is 0.334 e. The summed E-state index contributed by atoms with van der Waals surface area (Å²) < 4.78 is 0. The quantitative estimate of drug-likeness (QED) is 0.163. The van der Waals surface area contributed by atoms with Crippen molar-refractivity contribution in [2.75, 3.05) is 14.7 Å². The van der Waals surface area contributed by atoms with Crippen molar-refractivity contribution < 1.29 is 0 Å². The maximum absolute atomic E-state index is 2.79. The van der Waals surface area contributed by atoms with Gasteiger partial charge < -0.3 is 14.7 Å². The average molecular weight is 922 g/mol. The molecule has 0 aromatic heterocycles. The maximum Gasteiger partial charge on any atom is 0.252 e. The van der Waals surface area contributed by atoms with Crippen molar-refractivity contribution in [3.05, 3.63) is 149 Å². The van der Waals surface area contributed by atoms with Crippen molar-refractivity contribution in [2.45, 2.75) is 173 Å². The molecule has 0 radical (unpaired) electrons.